The van der Waals surface area contributed by atoms with Crippen LogP contribution < -0.4 is 0 Å². The minimum Gasteiger partial charge on any atom is -0.438 e. The van der Waals surface area contributed by atoms with E-state index in [9.17, 15) is 4.79 Å². The van der Waals surface area contributed by atoms with Gasteiger partial charge in [0.05, 0.1) is 13.7 Å². The van der Waals surface area contributed by atoms with Gasteiger partial charge in [0.25, 0.3) is 0 Å². The Bertz CT molecular complexity index is 208. The molecular weight excluding hydrogens is 198 g/mol. The Morgan fingerprint density at radius 1 is 1.60 bits per heavy atom. The smallest absolute Gasteiger partial charge is 0.438 e. The lowest BCUT2D eigenvalue weighted by atomic mass is 10.2. The van der Waals surface area contributed by atoms with Crippen LogP contribution in [-0.4, -0.2) is 50.7 Å². The molecule has 0 aliphatic carbocycles. The van der Waals surface area contributed by atoms with E-state index in [1.807, 2.05) is 0 Å². The minimum atomic E-state index is -0.629. The van der Waals surface area contributed by atoms with Gasteiger partial charge in [-0.2, -0.15) is 0 Å². The zero-order chi connectivity index (χ0) is 11.3. The highest BCUT2D eigenvalue weighted by atomic mass is 16.7. The van der Waals surface area contributed by atoms with Gasteiger partial charge in [0.15, 0.2) is 0 Å². The molecule has 88 valence electrons. The number of carbonyl (C=O) groups excluding carboxylic acids is 1. The van der Waals surface area contributed by atoms with Gasteiger partial charge in [-0.3, -0.25) is 4.90 Å². The van der Waals surface area contributed by atoms with Gasteiger partial charge in [-0.25, -0.2) is 4.79 Å². The molecule has 0 amide bonds. The number of methoxy groups -OCH3 is 1. The van der Waals surface area contributed by atoms with E-state index in [4.69, 9.17) is 9.47 Å². The van der Waals surface area contributed by atoms with Gasteiger partial charge < -0.3 is 14.2 Å². The van der Waals surface area contributed by atoms with E-state index in [-0.39, 0.29) is 6.23 Å². The van der Waals surface area contributed by atoms with Gasteiger partial charge in [-0.05, 0) is 5.92 Å². The van der Waals surface area contributed by atoms with Crippen molar-refractivity contribution < 1.29 is 19.0 Å². The lowest BCUT2D eigenvalue weighted by Gasteiger charge is -2.25. The summed E-state index contributed by atoms with van der Waals surface area (Å²) in [6, 6.07) is 0. The van der Waals surface area contributed by atoms with Crippen molar-refractivity contribution in [1.82, 2.24) is 4.90 Å². The molecule has 0 bridgehead atoms. The third kappa shape index (κ3) is 3.68. The first-order chi connectivity index (χ1) is 7.15. The molecule has 1 aliphatic rings. The molecule has 0 N–H and O–H groups in total. The lowest BCUT2D eigenvalue weighted by molar-refractivity contribution is -0.0123. The van der Waals surface area contributed by atoms with Gasteiger partial charge >= 0.3 is 6.16 Å². The van der Waals surface area contributed by atoms with Crippen LogP contribution in [0.4, 0.5) is 4.79 Å². The average Bonchev–Trinajstić information content (AvgIpc) is 2.65. The molecule has 0 aromatic carbocycles. The molecule has 0 aromatic heterocycles. The number of rotatable bonds is 4. The summed E-state index contributed by atoms with van der Waals surface area (Å²) in [5.74, 6) is 0.450. The fraction of sp³-hybridized carbons (Fsp3) is 0.900. The Morgan fingerprint density at radius 3 is 2.93 bits per heavy atom. The predicted molar refractivity (Wildman–Crippen MR) is 54.5 cm³/mol. The third-order valence-corrected chi connectivity index (χ3v) is 2.36. The number of carbonyl (C=O) groups is 1. The summed E-state index contributed by atoms with van der Waals surface area (Å²) in [7, 11) is 1.30. The summed E-state index contributed by atoms with van der Waals surface area (Å²) in [5.41, 5.74) is 0. The maximum atomic E-state index is 10.7. The quantitative estimate of drug-likeness (QED) is 0.659. The number of hydrogen-bond donors (Lipinski definition) is 0. The van der Waals surface area contributed by atoms with Crippen LogP contribution in [0.2, 0.25) is 0 Å². The van der Waals surface area contributed by atoms with E-state index in [0.29, 0.717) is 19.1 Å². The molecule has 5 nitrogen and oxygen atoms in total. The first kappa shape index (κ1) is 12.3. The zero-order valence-electron chi connectivity index (χ0n) is 9.56. The van der Waals surface area contributed by atoms with Crippen molar-refractivity contribution >= 4 is 6.16 Å². The molecule has 0 saturated carbocycles. The van der Waals surface area contributed by atoms with E-state index in [1.165, 1.54) is 7.11 Å². The SMILES string of the molecule is COC(=O)OCCN1CCOC1C(C)C. The van der Waals surface area contributed by atoms with Crippen molar-refractivity contribution in [3.63, 3.8) is 0 Å². The predicted octanol–water partition coefficient (Wildman–Crippen LogP) is 1.08. The van der Waals surface area contributed by atoms with Crippen LogP contribution in [0.25, 0.3) is 0 Å². The molecule has 1 rings (SSSR count). The average molecular weight is 217 g/mol. The summed E-state index contributed by atoms with van der Waals surface area (Å²) in [6.07, 6.45) is -0.484. The lowest BCUT2D eigenvalue weighted by Crippen LogP contribution is -2.37. The molecule has 15 heavy (non-hydrogen) atoms. The Morgan fingerprint density at radius 2 is 2.33 bits per heavy atom. The minimum absolute atomic E-state index is 0.145. The molecular formula is C10H19NO4. The van der Waals surface area contributed by atoms with Crippen molar-refractivity contribution in [2.75, 3.05) is 33.4 Å². The van der Waals surface area contributed by atoms with Gasteiger partial charge in [0, 0.05) is 13.1 Å². The normalized spacial score (nSPS) is 22.0. The maximum absolute atomic E-state index is 10.7. The molecule has 1 aliphatic heterocycles. The Balaban J connectivity index is 2.23. The Kier molecular flexibility index (Phi) is 4.84. The molecule has 1 fully saturated rings. The molecule has 0 radical (unpaired) electrons. The van der Waals surface area contributed by atoms with Crippen LogP contribution in [0.1, 0.15) is 13.8 Å². The fourth-order valence-corrected chi connectivity index (χ4v) is 1.68. The molecule has 1 atom stereocenters. The Labute approximate surface area is 90.3 Å². The number of nitrogens with zero attached hydrogens (tertiary/aromatic N) is 1. The van der Waals surface area contributed by atoms with E-state index >= 15 is 0 Å². The standard InChI is InChI=1S/C10H19NO4/c1-8(2)9-11(4-6-14-9)5-7-15-10(12)13-3/h8-9H,4-7H2,1-3H3. The maximum Gasteiger partial charge on any atom is 0.508 e. The zero-order valence-corrected chi connectivity index (χ0v) is 9.56. The molecule has 0 spiro atoms. The first-order valence-corrected chi connectivity index (χ1v) is 5.21. The van der Waals surface area contributed by atoms with E-state index in [2.05, 4.69) is 23.5 Å². The van der Waals surface area contributed by atoms with Crippen LogP contribution in [0.3, 0.4) is 0 Å². The fourth-order valence-electron chi connectivity index (χ4n) is 1.68. The van der Waals surface area contributed by atoms with Gasteiger partial charge in [-0.15, -0.1) is 0 Å². The highest BCUT2D eigenvalue weighted by Crippen LogP contribution is 2.17. The van der Waals surface area contributed by atoms with Crippen LogP contribution in [0, 0.1) is 5.92 Å². The molecule has 5 heteroatoms. The molecule has 1 heterocycles. The monoisotopic (exact) mass is 217 g/mol. The van der Waals surface area contributed by atoms with Crippen LogP contribution in [0.5, 0.6) is 0 Å². The molecule has 1 unspecified atom stereocenters. The highest BCUT2D eigenvalue weighted by Gasteiger charge is 2.27. The number of hydrogen-bond acceptors (Lipinski definition) is 5. The third-order valence-electron chi connectivity index (χ3n) is 2.36. The van der Waals surface area contributed by atoms with E-state index in [0.717, 1.165) is 13.2 Å². The summed E-state index contributed by atoms with van der Waals surface area (Å²) in [5, 5.41) is 0. The second-order valence-corrected chi connectivity index (χ2v) is 3.84. The van der Waals surface area contributed by atoms with Crippen molar-refractivity contribution in [2.24, 2.45) is 5.92 Å². The van der Waals surface area contributed by atoms with Crippen molar-refractivity contribution in [1.29, 1.82) is 0 Å². The van der Waals surface area contributed by atoms with Gasteiger partial charge in [-0.1, -0.05) is 13.8 Å². The summed E-state index contributed by atoms with van der Waals surface area (Å²) < 4.78 is 14.8. The largest absolute Gasteiger partial charge is 0.508 e. The van der Waals surface area contributed by atoms with E-state index < -0.39 is 6.16 Å². The molecule has 1 saturated heterocycles. The summed E-state index contributed by atoms with van der Waals surface area (Å²) >= 11 is 0. The summed E-state index contributed by atoms with van der Waals surface area (Å²) in [6.45, 7) is 6.92. The highest BCUT2D eigenvalue weighted by molar-refractivity contribution is 5.59. The topological polar surface area (TPSA) is 48.0 Å². The number of ether oxygens (including phenoxy) is 3. The van der Waals surface area contributed by atoms with Gasteiger partial charge in [0.2, 0.25) is 0 Å². The summed E-state index contributed by atoms with van der Waals surface area (Å²) in [4.78, 5) is 12.9. The van der Waals surface area contributed by atoms with Crippen LogP contribution >= 0.6 is 0 Å². The Hall–Kier alpha value is -0.810. The first-order valence-electron chi connectivity index (χ1n) is 5.21. The van der Waals surface area contributed by atoms with Crippen LogP contribution in [-0.2, 0) is 14.2 Å². The van der Waals surface area contributed by atoms with Crippen LogP contribution in [0.15, 0.2) is 0 Å². The molecule has 0 aromatic rings. The van der Waals surface area contributed by atoms with Crippen molar-refractivity contribution in [3.05, 3.63) is 0 Å². The van der Waals surface area contributed by atoms with Crippen molar-refractivity contribution in [2.45, 2.75) is 20.1 Å². The second-order valence-electron chi connectivity index (χ2n) is 3.84. The van der Waals surface area contributed by atoms with Crippen molar-refractivity contribution in [3.8, 4) is 0 Å². The van der Waals surface area contributed by atoms with E-state index in [1.54, 1.807) is 0 Å². The second kappa shape index (κ2) is 5.92. The van der Waals surface area contributed by atoms with Gasteiger partial charge in [0.1, 0.15) is 12.8 Å².